The Balaban J connectivity index is 2.58. The second kappa shape index (κ2) is 2.52. The van der Waals surface area contributed by atoms with Crippen LogP contribution in [0, 0.1) is 0 Å². The van der Waals surface area contributed by atoms with E-state index >= 15 is 0 Å². The van der Waals surface area contributed by atoms with E-state index in [2.05, 4.69) is 8.37 Å². The summed E-state index contributed by atoms with van der Waals surface area (Å²) in [7, 11) is 0. The third kappa shape index (κ3) is 1.38. The molecule has 0 N–H and O–H groups in total. The zero-order valence-corrected chi connectivity index (χ0v) is 4.76. The first-order valence-electron chi connectivity index (χ1n) is 1.97. The highest BCUT2D eigenvalue weighted by Gasteiger charge is 1.94. The molecule has 0 saturated carbocycles. The van der Waals surface area contributed by atoms with Gasteiger partial charge in [0.1, 0.15) is 12.5 Å². The van der Waals surface area contributed by atoms with Crippen LogP contribution in [0.3, 0.4) is 0 Å². The van der Waals surface area contributed by atoms with Gasteiger partial charge in [-0.1, -0.05) is 0 Å². The van der Waals surface area contributed by atoms with Gasteiger partial charge in [0, 0.05) is 0 Å². The van der Waals surface area contributed by atoms with E-state index in [0.717, 1.165) is 0 Å². The Kier molecular flexibility index (Phi) is 1.69. The number of hydrogen-bond donors (Lipinski definition) is 0. The average molecular weight is 132 g/mol. The summed E-state index contributed by atoms with van der Waals surface area (Å²) in [6, 6.07) is 0. The molecule has 0 aliphatic carbocycles. The molecule has 0 spiro atoms. The van der Waals surface area contributed by atoms with Crippen LogP contribution in [0.2, 0.25) is 0 Å². The molecule has 0 atom stereocenters. The average Bonchev–Trinajstić information content (AvgIpc) is 1.94. The Morgan fingerprint density at radius 3 is 2.12 bits per heavy atom. The van der Waals surface area contributed by atoms with Crippen LogP contribution in [-0.4, -0.2) is 4.21 Å². The van der Waals surface area contributed by atoms with E-state index in [9.17, 15) is 4.21 Å². The minimum absolute atomic E-state index is 1.31. The van der Waals surface area contributed by atoms with Crippen molar-refractivity contribution in [3.05, 3.63) is 24.7 Å². The molecule has 1 aliphatic heterocycles. The van der Waals surface area contributed by atoms with Gasteiger partial charge < -0.3 is 8.37 Å². The summed E-state index contributed by atoms with van der Waals surface area (Å²) in [6.45, 7) is 0. The summed E-state index contributed by atoms with van der Waals surface area (Å²) in [5.41, 5.74) is 0. The summed E-state index contributed by atoms with van der Waals surface area (Å²) in [6.07, 6.45) is 5.79. The van der Waals surface area contributed by atoms with Crippen molar-refractivity contribution >= 4 is 11.4 Å². The Morgan fingerprint density at radius 2 is 1.62 bits per heavy atom. The smallest absolute Gasteiger partial charge is 0.379 e. The Bertz CT molecular complexity index is 133. The monoisotopic (exact) mass is 132 g/mol. The molecule has 1 aliphatic rings. The van der Waals surface area contributed by atoms with Gasteiger partial charge in [-0.25, -0.2) is 0 Å². The van der Waals surface area contributed by atoms with Crippen LogP contribution in [0.15, 0.2) is 24.7 Å². The lowest BCUT2D eigenvalue weighted by atomic mass is 10.6. The third-order valence-electron chi connectivity index (χ3n) is 0.536. The lowest BCUT2D eigenvalue weighted by molar-refractivity contribution is 0.398. The third-order valence-corrected chi connectivity index (χ3v) is 1.07. The van der Waals surface area contributed by atoms with Gasteiger partial charge in [0.15, 0.2) is 0 Å². The molecule has 0 aromatic carbocycles. The largest absolute Gasteiger partial charge is 0.416 e. The summed E-state index contributed by atoms with van der Waals surface area (Å²) < 4.78 is 19.1. The van der Waals surface area contributed by atoms with Crippen LogP contribution in [-0.2, 0) is 19.7 Å². The molecule has 0 unspecified atom stereocenters. The van der Waals surface area contributed by atoms with Gasteiger partial charge in [-0.05, 0) is 12.2 Å². The van der Waals surface area contributed by atoms with Gasteiger partial charge in [0.05, 0.1) is 0 Å². The molecule has 0 saturated heterocycles. The number of rotatable bonds is 0. The van der Waals surface area contributed by atoms with Gasteiger partial charge >= 0.3 is 11.4 Å². The molecule has 0 aromatic heterocycles. The molecule has 0 amide bonds. The maximum absolute atomic E-state index is 10.2. The highest BCUT2D eigenvalue weighted by Crippen LogP contribution is 1.95. The highest BCUT2D eigenvalue weighted by atomic mass is 32.2. The van der Waals surface area contributed by atoms with E-state index in [1.807, 2.05) is 0 Å². The summed E-state index contributed by atoms with van der Waals surface area (Å²) in [5, 5.41) is 0. The van der Waals surface area contributed by atoms with Crippen LogP contribution in [0.1, 0.15) is 0 Å². The summed E-state index contributed by atoms with van der Waals surface area (Å²) in [4.78, 5) is 0. The van der Waals surface area contributed by atoms with E-state index in [1.165, 1.54) is 12.5 Å². The molecule has 1 heterocycles. The lowest BCUT2D eigenvalue weighted by Gasteiger charge is -1.90. The van der Waals surface area contributed by atoms with Crippen molar-refractivity contribution in [3.8, 4) is 0 Å². The zero-order chi connectivity index (χ0) is 5.82. The van der Waals surface area contributed by atoms with Crippen molar-refractivity contribution in [1.82, 2.24) is 0 Å². The molecule has 8 heavy (non-hydrogen) atoms. The molecule has 1 rings (SSSR count). The number of allylic oxidation sites excluding steroid dienone is 2. The SMILES string of the molecule is O=S1OC=CC=CO1. The normalized spacial score (nSPS) is 19.0. The van der Waals surface area contributed by atoms with Gasteiger partial charge in [-0.3, -0.25) is 0 Å². The Labute approximate surface area is 49.5 Å². The molecular weight excluding hydrogens is 128 g/mol. The highest BCUT2D eigenvalue weighted by molar-refractivity contribution is 7.75. The van der Waals surface area contributed by atoms with E-state index in [-0.39, 0.29) is 0 Å². The van der Waals surface area contributed by atoms with Crippen LogP contribution in [0.5, 0.6) is 0 Å². The minimum Gasteiger partial charge on any atom is -0.379 e. The maximum Gasteiger partial charge on any atom is 0.416 e. The van der Waals surface area contributed by atoms with Crippen LogP contribution in [0.25, 0.3) is 0 Å². The predicted octanol–water partition coefficient (Wildman–Crippen LogP) is 0.639. The van der Waals surface area contributed by atoms with E-state index in [1.54, 1.807) is 12.2 Å². The van der Waals surface area contributed by atoms with Gasteiger partial charge in [0.2, 0.25) is 0 Å². The second-order valence-corrected chi connectivity index (χ2v) is 1.85. The van der Waals surface area contributed by atoms with E-state index in [4.69, 9.17) is 0 Å². The zero-order valence-electron chi connectivity index (χ0n) is 3.94. The fourth-order valence-corrected chi connectivity index (χ4v) is 0.623. The minimum atomic E-state index is -1.63. The molecule has 0 aromatic rings. The van der Waals surface area contributed by atoms with Crippen molar-refractivity contribution in [2.24, 2.45) is 0 Å². The fraction of sp³-hybridized carbons (Fsp3) is 0. The topological polar surface area (TPSA) is 35.5 Å². The lowest BCUT2D eigenvalue weighted by Crippen LogP contribution is -1.88. The maximum atomic E-state index is 10.2. The van der Waals surface area contributed by atoms with Crippen molar-refractivity contribution in [2.45, 2.75) is 0 Å². The summed E-state index contributed by atoms with van der Waals surface area (Å²) >= 11 is -1.63. The molecule has 0 fully saturated rings. The first kappa shape index (κ1) is 5.37. The van der Waals surface area contributed by atoms with E-state index < -0.39 is 11.4 Å². The quantitative estimate of drug-likeness (QED) is 0.485. The van der Waals surface area contributed by atoms with Gasteiger partial charge in [-0.2, -0.15) is 4.21 Å². The number of hydrogen-bond acceptors (Lipinski definition) is 3. The van der Waals surface area contributed by atoms with Crippen LogP contribution >= 0.6 is 0 Å². The standard InChI is InChI=1S/C4H4O3S/c5-8-6-3-1-2-4-7-8/h1-4H. The first-order chi connectivity index (χ1) is 3.89. The fourth-order valence-electron chi connectivity index (χ4n) is 0.268. The van der Waals surface area contributed by atoms with Crippen molar-refractivity contribution in [3.63, 3.8) is 0 Å². The van der Waals surface area contributed by atoms with Crippen molar-refractivity contribution < 1.29 is 12.6 Å². The van der Waals surface area contributed by atoms with Gasteiger partial charge in [-0.15, -0.1) is 0 Å². The molecule has 3 nitrogen and oxygen atoms in total. The predicted molar refractivity (Wildman–Crippen MR) is 28.6 cm³/mol. The summed E-state index contributed by atoms with van der Waals surface area (Å²) in [5.74, 6) is 0. The Morgan fingerprint density at radius 1 is 1.12 bits per heavy atom. The Hall–Kier alpha value is -0.770. The molecule has 0 bridgehead atoms. The van der Waals surface area contributed by atoms with E-state index in [0.29, 0.717) is 0 Å². The molecule has 44 valence electrons. The molecule has 0 radical (unpaired) electrons. The van der Waals surface area contributed by atoms with Crippen LogP contribution < -0.4 is 0 Å². The van der Waals surface area contributed by atoms with Crippen molar-refractivity contribution in [1.29, 1.82) is 0 Å². The van der Waals surface area contributed by atoms with Gasteiger partial charge in [0.25, 0.3) is 0 Å². The van der Waals surface area contributed by atoms with Crippen molar-refractivity contribution in [2.75, 3.05) is 0 Å². The second-order valence-electron chi connectivity index (χ2n) is 1.05. The van der Waals surface area contributed by atoms with Crippen LogP contribution in [0.4, 0.5) is 0 Å². The molecular formula is C4H4O3S. The first-order valence-corrected chi connectivity index (χ1v) is 2.97. The molecule has 4 heteroatoms.